The van der Waals surface area contributed by atoms with Gasteiger partial charge in [0.05, 0.1) is 12.4 Å². The fraction of sp³-hybridized carbons (Fsp3) is 0.300. The van der Waals surface area contributed by atoms with Crippen LogP contribution in [0.3, 0.4) is 0 Å². The molecular formula is C10H14N4. The minimum absolute atomic E-state index is 0.741. The highest BCUT2D eigenvalue weighted by Gasteiger charge is 1.96. The first-order valence-electron chi connectivity index (χ1n) is 4.64. The molecule has 0 fully saturated rings. The van der Waals surface area contributed by atoms with Crippen molar-refractivity contribution in [2.45, 2.75) is 20.8 Å². The second-order valence-electron chi connectivity index (χ2n) is 2.53. The predicted molar refractivity (Wildman–Crippen MR) is 55.2 cm³/mol. The quantitative estimate of drug-likeness (QED) is 0.690. The molecule has 0 unspecified atom stereocenters. The Balaban J connectivity index is 0.000000461. The Labute approximate surface area is 83.6 Å². The van der Waals surface area contributed by atoms with Crippen LogP contribution in [0.25, 0.3) is 5.82 Å². The molecule has 0 aromatic carbocycles. The summed E-state index contributed by atoms with van der Waals surface area (Å²) in [5.41, 5.74) is 1.11. The van der Waals surface area contributed by atoms with E-state index in [9.17, 15) is 0 Å². The molecule has 0 atom stereocenters. The third-order valence-electron chi connectivity index (χ3n) is 1.50. The summed E-state index contributed by atoms with van der Waals surface area (Å²) in [5, 5.41) is 4.10. The molecule has 74 valence electrons. The molecule has 0 spiro atoms. The highest BCUT2D eigenvalue weighted by Crippen LogP contribution is 2.01. The number of aromatic nitrogens is 4. The van der Waals surface area contributed by atoms with E-state index in [0.717, 1.165) is 11.4 Å². The highest BCUT2D eigenvalue weighted by atomic mass is 15.3. The smallest absolute Gasteiger partial charge is 0.171 e. The summed E-state index contributed by atoms with van der Waals surface area (Å²) in [6.45, 7) is 5.99. The van der Waals surface area contributed by atoms with Crippen LogP contribution in [0.2, 0.25) is 0 Å². The van der Waals surface area contributed by atoms with E-state index in [1.54, 1.807) is 29.5 Å². The Morgan fingerprint density at radius 1 is 1.14 bits per heavy atom. The number of nitrogens with zero attached hydrogens (tertiary/aromatic N) is 4. The summed E-state index contributed by atoms with van der Waals surface area (Å²) in [6.07, 6.45) is 8.65. The zero-order valence-electron chi connectivity index (χ0n) is 8.68. The molecule has 0 aliphatic carbocycles. The van der Waals surface area contributed by atoms with Gasteiger partial charge in [0.25, 0.3) is 0 Å². The van der Waals surface area contributed by atoms with E-state index in [4.69, 9.17) is 0 Å². The van der Waals surface area contributed by atoms with Crippen LogP contribution in [0.4, 0.5) is 0 Å². The molecule has 4 nitrogen and oxygen atoms in total. The largest absolute Gasteiger partial charge is 0.259 e. The van der Waals surface area contributed by atoms with Gasteiger partial charge in [-0.25, -0.2) is 9.67 Å². The molecule has 2 aromatic heterocycles. The first-order valence-corrected chi connectivity index (χ1v) is 4.64. The summed E-state index contributed by atoms with van der Waals surface area (Å²) < 4.78 is 1.70. The molecule has 14 heavy (non-hydrogen) atoms. The van der Waals surface area contributed by atoms with Crippen molar-refractivity contribution in [3.63, 3.8) is 0 Å². The van der Waals surface area contributed by atoms with Crippen molar-refractivity contribution in [1.29, 1.82) is 0 Å². The molecule has 2 rings (SSSR count). The van der Waals surface area contributed by atoms with Gasteiger partial charge in [-0.1, -0.05) is 13.8 Å². The molecule has 0 radical (unpaired) electrons. The third kappa shape index (κ3) is 2.39. The molecule has 0 bridgehead atoms. The van der Waals surface area contributed by atoms with Gasteiger partial charge in [-0.15, -0.1) is 0 Å². The molecule has 2 aromatic rings. The van der Waals surface area contributed by atoms with Crippen LogP contribution in [0.15, 0.2) is 31.0 Å². The zero-order valence-corrected chi connectivity index (χ0v) is 8.68. The molecule has 0 aliphatic heterocycles. The SMILES string of the molecule is CC.Cc1cnn(-c2cnccn2)c1. The van der Waals surface area contributed by atoms with Crippen LogP contribution in [0, 0.1) is 6.92 Å². The lowest BCUT2D eigenvalue weighted by Gasteiger charge is -1.95. The Hall–Kier alpha value is -1.71. The summed E-state index contributed by atoms with van der Waals surface area (Å²) >= 11 is 0. The highest BCUT2D eigenvalue weighted by molar-refractivity contribution is 5.17. The van der Waals surface area contributed by atoms with E-state index in [1.165, 1.54) is 0 Å². The lowest BCUT2D eigenvalue weighted by Crippen LogP contribution is -1.97. The van der Waals surface area contributed by atoms with Gasteiger partial charge in [-0.2, -0.15) is 5.10 Å². The van der Waals surface area contributed by atoms with Gasteiger partial charge in [-0.05, 0) is 12.5 Å². The van der Waals surface area contributed by atoms with Crippen molar-refractivity contribution in [1.82, 2.24) is 19.7 Å². The molecule has 0 saturated heterocycles. The second-order valence-corrected chi connectivity index (χ2v) is 2.53. The summed E-state index contributed by atoms with van der Waals surface area (Å²) in [5.74, 6) is 0.741. The Bertz CT molecular complexity index is 367. The fourth-order valence-corrected chi connectivity index (χ4v) is 0.948. The van der Waals surface area contributed by atoms with Crippen LogP contribution < -0.4 is 0 Å². The van der Waals surface area contributed by atoms with E-state index in [1.807, 2.05) is 27.0 Å². The van der Waals surface area contributed by atoms with Crippen molar-refractivity contribution in [2.75, 3.05) is 0 Å². The molecule has 0 saturated carbocycles. The van der Waals surface area contributed by atoms with Crippen molar-refractivity contribution >= 4 is 0 Å². The minimum atomic E-state index is 0.741. The normalized spacial score (nSPS) is 9.07. The maximum atomic E-state index is 4.10. The average molecular weight is 190 g/mol. The molecule has 0 aliphatic rings. The molecule has 2 heterocycles. The van der Waals surface area contributed by atoms with Crippen LogP contribution in [0.5, 0.6) is 0 Å². The zero-order chi connectivity index (χ0) is 10.4. The first-order chi connectivity index (χ1) is 6.86. The van der Waals surface area contributed by atoms with Gasteiger partial charge in [0.2, 0.25) is 0 Å². The lowest BCUT2D eigenvalue weighted by molar-refractivity contribution is 0.837. The van der Waals surface area contributed by atoms with Crippen LogP contribution in [0.1, 0.15) is 19.4 Å². The molecule has 0 N–H and O–H groups in total. The first kappa shape index (κ1) is 10.4. The summed E-state index contributed by atoms with van der Waals surface area (Å²) in [7, 11) is 0. The topological polar surface area (TPSA) is 43.6 Å². The molecule has 4 heteroatoms. The second kappa shape index (κ2) is 5.11. The van der Waals surface area contributed by atoms with E-state index >= 15 is 0 Å². The van der Waals surface area contributed by atoms with Gasteiger partial charge < -0.3 is 0 Å². The third-order valence-corrected chi connectivity index (χ3v) is 1.50. The van der Waals surface area contributed by atoms with Gasteiger partial charge in [0, 0.05) is 18.6 Å². The maximum absolute atomic E-state index is 4.10. The lowest BCUT2D eigenvalue weighted by atomic mass is 10.4. The fourth-order valence-electron chi connectivity index (χ4n) is 0.948. The van der Waals surface area contributed by atoms with Crippen LogP contribution >= 0.6 is 0 Å². The van der Waals surface area contributed by atoms with E-state index in [-0.39, 0.29) is 0 Å². The van der Waals surface area contributed by atoms with Gasteiger partial charge >= 0.3 is 0 Å². The Kier molecular flexibility index (Phi) is 3.79. The average Bonchev–Trinajstić information content (AvgIpc) is 2.69. The van der Waals surface area contributed by atoms with Gasteiger partial charge in [0.1, 0.15) is 0 Å². The number of hydrogen-bond donors (Lipinski definition) is 0. The van der Waals surface area contributed by atoms with Crippen molar-refractivity contribution < 1.29 is 0 Å². The van der Waals surface area contributed by atoms with Crippen molar-refractivity contribution in [2.24, 2.45) is 0 Å². The van der Waals surface area contributed by atoms with Gasteiger partial charge in [-0.3, -0.25) is 4.98 Å². The number of hydrogen-bond acceptors (Lipinski definition) is 3. The van der Waals surface area contributed by atoms with Crippen LogP contribution in [-0.4, -0.2) is 19.7 Å². The monoisotopic (exact) mass is 190 g/mol. The standard InChI is InChI=1S/C8H8N4.C2H6/c1-7-4-11-12(6-7)8-5-9-2-3-10-8;1-2/h2-6H,1H3;1-2H3. The summed E-state index contributed by atoms with van der Waals surface area (Å²) in [6, 6.07) is 0. The van der Waals surface area contributed by atoms with E-state index in [0.29, 0.717) is 0 Å². The summed E-state index contributed by atoms with van der Waals surface area (Å²) in [4.78, 5) is 8.05. The minimum Gasteiger partial charge on any atom is -0.259 e. The number of rotatable bonds is 1. The van der Waals surface area contributed by atoms with Crippen LogP contribution in [-0.2, 0) is 0 Å². The Morgan fingerprint density at radius 3 is 2.43 bits per heavy atom. The maximum Gasteiger partial charge on any atom is 0.171 e. The van der Waals surface area contributed by atoms with Crippen molar-refractivity contribution in [3.8, 4) is 5.82 Å². The predicted octanol–water partition coefficient (Wildman–Crippen LogP) is 2.00. The van der Waals surface area contributed by atoms with E-state index < -0.39 is 0 Å². The number of aryl methyl sites for hydroxylation is 1. The Morgan fingerprint density at radius 2 is 1.93 bits per heavy atom. The van der Waals surface area contributed by atoms with Gasteiger partial charge in [0.15, 0.2) is 5.82 Å². The van der Waals surface area contributed by atoms with Crippen molar-refractivity contribution in [3.05, 3.63) is 36.5 Å². The van der Waals surface area contributed by atoms with E-state index in [2.05, 4.69) is 15.1 Å². The molecular weight excluding hydrogens is 176 g/mol. The molecule has 0 amide bonds.